The van der Waals surface area contributed by atoms with E-state index in [1.165, 1.54) is 38.5 Å². The van der Waals surface area contributed by atoms with E-state index in [0.717, 1.165) is 28.2 Å². The van der Waals surface area contributed by atoms with Crippen LogP contribution < -0.4 is 5.32 Å². The number of nitrogens with one attached hydrogen (secondary N) is 1. The molecule has 2 nitrogen and oxygen atoms in total. The third-order valence-corrected chi connectivity index (χ3v) is 3.79. The van der Waals surface area contributed by atoms with Gasteiger partial charge in [-0.3, -0.25) is 4.98 Å². The van der Waals surface area contributed by atoms with E-state index in [1.54, 1.807) is 0 Å². The molecule has 1 aromatic heterocycles. The lowest BCUT2D eigenvalue weighted by Gasteiger charge is -2.09. The van der Waals surface area contributed by atoms with Crippen molar-refractivity contribution in [1.29, 1.82) is 0 Å². The summed E-state index contributed by atoms with van der Waals surface area (Å²) in [5.74, 6) is 0. The molecule has 3 heteroatoms. The first-order chi connectivity index (χ1) is 9.81. The molecule has 2 aromatic rings. The molecular weight excluding hydrogens is 268 g/mol. The summed E-state index contributed by atoms with van der Waals surface area (Å²) in [4.78, 5) is 4.36. The number of benzene rings is 1. The summed E-state index contributed by atoms with van der Waals surface area (Å²) in [5.41, 5.74) is 2.10. The van der Waals surface area contributed by atoms with E-state index in [1.807, 2.05) is 30.5 Å². The van der Waals surface area contributed by atoms with Crippen molar-refractivity contribution < 1.29 is 0 Å². The van der Waals surface area contributed by atoms with Gasteiger partial charge < -0.3 is 5.32 Å². The van der Waals surface area contributed by atoms with Crippen molar-refractivity contribution in [2.75, 3.05) is 11.9 Å². The Morgan fingerprint density at radius 2 is 1.85 bits per heavy atom. The van der Waals surface area contributed by atoms with Gasteiger partial charge in [-0.1, -0.05) is 50.6 Å². The topological polar surface area (TPSA) is 24.9 Å². The van der Waals surface area contributed by atoms with Crippen LogP contribution >= 0.6 is 11.6 Å². The van der Waals surface area contributed by atoms with Gasteiger partial charge in [0.1, 0.15) is 0 Å². The molecule has 0 saturated heterocycles. The second-order valence-electron chi connectivity index (χ2n) is 5.21. The lowest BCUT2D eigenvalue weighted by Crippen LogP contribution is -2.02. The third-order valence-electron chi connectivity index (χ3n) is 3.55. The van der Waals surface area contributed by atoms with Gasteiger partial charge in [-0.15, -0.1) is 0 Å². The summed E-state index contributed by atoms with van der Waals surface area (Å²) in [7, 11) is 0. The summed E-state index contributed by atoms with van der Waals surface area (Å²) >= 11 is 6.00. The lowest BCUT2D eigenvalue weighted by atomic mass is 10.1. The van der Waals surface area contributed by atoms with Crippen molar-refractivity contribution in [3.8, 4) is 0 Å². The number of aromatic nitrogens is 1. The zero-order valence-electron chi connectivity index (χ0n) is 12.2. The molecule has 0 saturated carbocycles. The fourth-order valence-corrected chi connectivity index (χ4v) is 2.57. The number of unbranched alkanes of at least 4 members (excludes halogenated alkanes) is 5. The number of hydrogen-bond donors (Lipinski definition) is 1. The van der Waals surface area contributed by atoms with Crippen LogP contribution in [0.15, 0.2) is 30.5 Å². The molecular formula is C17H23ClN2. The first-order valence-corrected chi connectivity index (χ1v) is 7.97. The van der Waals surface area contributed by atoms with Gasteiger partial charge in [-0.05, 0) is 30.7 Å². The molecule has 0 unspecified atom stereocenters. The number of halogens is 1. The minimum Gasteiger partial charge on any atom is -0.384 e. The average molecular weight is 291 g/mol. The van der Waals surface area contributed by atoms with E-state index in [4.69, 9.17) is 11.6 Å². The highest BCUT2D eigenvalue weighted by molar-refractivity contribution is 6.31. The quantitative estimate of drug-likeness (QED) is 0.634. The number of anilines is 1. The van der Waals surface area contributed by atoms with Crippen molar-refractivity contribution in [2.24, 2.45) is 0 Å². The Labute approximate surface area is 126 Å². The molecule has 0 aliphatic heterocycles. The molecule has 0 aliphatic carbocycles. The second kappa shape index (κ2) is 8.11. The maximum Gasteiger partial charge on any atom is 0.0737 e. The van der Waals surface area contributed by atoms with E-state index < -0.39 is 0 Å². The van der Waals surface area contributed by atoms with E-state index in [2.05, 4.69) is 17.2 Å². The molecule has 20 heavy (non-hydrogen) atoms. The van der Waals surface area contributed by atoms with Gasteiger partial charge >= 0.3 is 0 Å². The van der Waals surface area contributed by atoms with Crippen LogP contribution in [0.1, 0.15) is 45.4 Å². The zero-order chi connectivity index (χ0) is 14.2. The highest BCUT2D eigenvalue weighted by Gasteiger charge is 2.01. The van der Waals surface area contributed by atoms with Crippen molar-refractivity contribution in [2.45, 2.75) is 45.4 Å². The molecule has 0 atom stereocenters. The van der Waals surface area contributed by atoms with Gasteiger partial charge in [0.15, 0.2) is 0 Å². The van der Waals surface area contributed by atoms with Crippen molar-refractivity contribution >= 4 is 28.2 Å². The third kappa shape index (κ3) is 4.38. The fraction of sp³-hybridized carbons (Fsp3) is 0.471. The largest absolute Gasteiger partial charge is 0.384 e. The van der Waals surface area contributed by atoms with E-state index >= 15 is 0 Å². The van der Waals surface area contributed by atoms with E-state index in [9.17, 15) is 0 Å². The molecule has 0 amide bonds. The molecule has 1 aromatic carbocycles. The molecule has 2 rings (SSSR count). The zero-order valence-corrected chi connectivity index (χ0v) is 12.9. The van der Waals surface area contributed by atoms with Crippen molar-refractivity contribution in [1.82, 2.24) is 4.98 Å². The van der Waals surface area contributed by atoms with Crippen LogP contribution in [0.3, 0.4) is 0 Å². The number of hydrogen-bond acceptors (Lipinski definition) is 2. The summed E-state index contributed by atoms with van der Waals surface area (Å²) in [6.07, 6.45) is 9.76. The van der Waals surface area contributed by atoms with Crippen LogP contribution in [0.2, 0.25) is 5.02 Å². The van der Waals surface area contributed by atoms with Gasteiger partial charge in [-0.2, -0.15) is 0 Å². The Hall–Kier alpha value is -1.28. The number of rotatable bonds is 8. The van der Waals surface area contributed by atoms with Gasteiger partial charge in [-0.25, -0.2) is 0 Å². The second-order valence-corrected chi connectivity index (χ2v) is 5.65. The molecule has 0 fully saturated rings. The molecule has 0 radical (unpaired) electrons. The Morgan fingerprint density at radius 3 is 2.70 bits per heavy atom. The normalized spacial score (nSPS) is 10.9. The van der Waals surface area contributed by atoms with Crippen LogP contribution in [-0.4, -0.2) is 11.5 Å². The molecule has 0 bridgehead atoms. The van der Waals surface area contributed by atoms with Crippen LogP contribution in [0, 0.1) is 0 Å². The molecule has 1 heterocycles. The number of nitrogens with zero attached hydrogens (tertiary/aromatic N) is 1. The summed E-state index contributed by atoms with van der Waals surface area (Å²) in [6.45, 7) is 3.27. The summed E-state index contributed by atoms with van der Waals surface area (Å²) in [6, 6.07) is 7.90. The molecule has 0 spiro atoms. The summed E-state index contributed by atoms with van der Waals surface area (Å²) in [5, 5.41) is 5.39. The maximum absolute atomic E-state index is 6.00. The van der Waals surface area contributed by atoms with E-state index in [-0.39, 0.29) is 0 Å². The average Bonchev–Trinajstić information content (AvgIpc) is 2.46. The fourth-order valence-electron chi connectivity index (χ4n) is 2.40. The first kappa shape index (κ1) is 15.1. The predicted molar refractivity (Wildman–Crippen MR) is 88.6 cm³/mol. The van der Waals surface area contributed by atoms with Crippen molar-refractivity contribution in [3.05, 3.63) is 35.5 Å². The first-order valence-electron chi connectivity index (χ1n) is 7.59. The van der Waals surface area contributed by atoms with Crippen LogP contribution in [0.4, 0.5) is 5.69 Å². The van der Waals surface area contributed by atoms with Crippen LogP contribution in [-0.2, 0) is 0 Å². The van der Waals surface area contributed by atoms with Crippen molar-refractivity contribution in [3.63, 3.8) is 0 Å². The van der Waals surface area contributed by atoms with Gasteiger partial charge in [0.05, 0.1) is 5.52 Å². The Balaban J connectivity index is 1.84. The Morgan fingerprint density at radius 1 is 1.05 bits per heavy atom. The number of pyridine rings is 1. The van der Waals surface area contributed by atoms with Crippen LogP contribution in [0.5, 0.6) is 0 Å². The minimum atomic E-state index is 0.734. The maximum atomic E-state index is 6.00. The van der Waals surface area contributed by atoms with Gasteiger partial charge in [0.2, 0.25) is 0 Å². The molecule has 1 N–H and O–H groups in total. The Bertz CT molecular complexity index is 540. The van der Waals surface area contributed by atoms with E-state index in [0.29, 0.717) is 0 Å². The predicted octanol–water partition coefficient (Wildman–Crippen LogP) is 5.66. The minimum absolute atomic E-state index is 0.734. The smallest absolute Gasteiger partial charge is 0.0737 e. The van der Waals surface area contributed by atoms with Crippen LogP contribution in [0.25, 0.3) is 10.9 Å². The monoisotopic (exact) mass is 290 g/mol. The lowest BCUT2D eigenvalue weighted by molar-refractivity contribution is 0.617. The number of fused-ring (bicyclic) bond motifs is 1. The highest BCUT2D eigenvalue weighted by Crippen LogP contribution is 2.24. The highest BCUT2D eigenvalue weighted by atomic mass is 35.5. The summed E-state index contributed by atoms with van der Waals surface area (Å²) < 4.78 is 0. The molecule has 108 valence electrons. The standard InChI is InChI=1S/C17H23ClN2/c1-2-3-4-5-6-7-11-19-16-10-12-20-17-13-14(18)8-9-15(16)17/h8-10,12-13H,2-7,11H2,1H3,(H,19,20). The van der Waals surface area contributed by atoms with Gasteiger partial charge in [0.25, 0.3) is 0 Å². The molecule has 0 aliphatic rings. The Kier molecular flexibility index (Phi) is 6.13. The van der Waals surface area contributed by atoms with Gasteiger partial charge in [0, 0.05) is 28.8 Å². The SMILES string of the molecule is CCCCCCCCNc1ccnc2cc(Cl)ccc12.